The van der Waals surface area contributed by atoms with Crippen molar-refractivity contribution < 1.29 is 32.2 Å². The third-order valence-corrected chi connectivity index (χ3v) is 4.52. The second kappa shape index (κ2) is 7.14. The lowest BCUT2D eigenvalue weighted by Gasteiger charge is -2.23. The summed E-state index contributed by atoms with van der Waals surface area (Å²) in [5.41, 5.74) is -0.214. The average molecular weight is 394 g/mol. The molecule has 0 amide bonds. The molecule has 0 fully saturated rings. The van der Waals surface area contributed by atoms with Crippen LogP contribution in [-0.4, -0.2) is 10.2 Å². The van der Waals surface area contributed by atoms with Crippen LogP contribution in [0.4, 0.5) is 22.0 Å². The molecule has 0 spiro atoms. The summed E-state index contributed by atoms with van der Waals surface area (Å²) in [7, 11) is 0. The van der Waals surface area contributed by atoms with Crippen molar-refractivity contribution in [2.75, 3.05) is 0 Å². The first kappa shape index (κ1) is 19.7. The van der Waals surface area contributed by atoms with E-state index in [0.29, 0.717) is 11.1 Å². The minimum atomic E-state index is -2.28. The van der Waals surface area contributed by atoms with Gasteiger partial charge in [0.1, 0.15) is 11.5 Å². The Morgan fingerprint density at radius 2 is 0.964 bits per heavy atom. The van der Waals surface area contributed by atoms with Gasteiger partial charge in [-0.1, -0.05) is 35.4 Å². The van der Waals surface area contributed by atoms with Gasteiger partial charge in [0.05, 0.1) is 0 Å². The monoisotopic (exact) mass is 394 g/mol. The molecule has 3 aromatic carbocycles. The van der Waals surface area contributed by atoms with Gasteiger partial charge in [-0.3, -0.25) is 0 Å². The first-order valence-corrected chi connectivity index (χ1v) is 8.23. The average Bonchev–Trinajstić information content (AvgIpc) is 2.66. The molecule has 0 unspecified atom stereocenters. The first-order valence-electron chi connectivity index (χ1n) is 8.23. The largest absolute Gasteiger partial charge is 0.508 e. The molecule has 0 atom stereocenters. The molecule has 2 nitrogen and oxygen atoms in total. The minimum absolute atomic E-state index is 0.107. The second-order valence-electron chi connectivity index (χ2n) is 6.54. The van der Waals surface area contributed by atoms with Crippen LogP contribution in [0.15, 0.2) is 36.4 Å². The van der Waals surface area contributed by atoms with Crippen LogP contribution in [0.3, 0.4) is 0 Å². The molecule has 0 aromatic heterocycles. The van der Waals surface area contributed by atoms with Crippen molar-refractivity contribution in [1.29, 1.82) is 0 Å². The van der Waals surface area contributed by atoms with Crippen LogP contribution >= 0.6 is 0 Å². The molecule has 0 radical (unpaired) electrons. The molecule has 0 aliphatic carbocycles. The molecular formula is C21H15F5O2. The molecule has 146 valence electrons. The van der Waals surface area contributed by atoms with Gasteiger partial charge in [-0.05, 0) is 26.0 Å². The molecule has 0 aliphatic heterocycles. The van der Waals surface area contributed by atoms with Crippen molar-refractivity contribution >= 4 is 0 Å². The fraction of sp³-hybridized carbons (Fsp3) is 0.143. The molecule has 0 saturated carbocycles. The van der Waals surface area contributed by atoms with Crippen molar-refractivity contribution in [3.8, 4) is 11.5 Å². The number of halogens is 5. The third kappa shape index (κ3) is 3.17. The third-order valence-electron chi connectivity index (χ3n) is 4.52. The fourth-order valence-corrected chi connectivity index (χ4v) is 3.16. The van der Waals surface area contributed by atoms with E-state index in [2.05, 4.69) is 0 Å². The zero-order valence-corrected chi connectivity index (χ0v) is 14.8. The van der Waals surface area contributed by atoms with Crippen LogP contribution in [0.2, 0.25) is 0 Å². The molecule has 0 aliphatic rings. The molecule has 2 N–H and O–H groups in total. The van der Waals surface area contributed by atoms with Crippen LogP contribution in [-0.2, 0) is 0 Å². The Bertz CT molecular complexity index is 998. The van der Waals surface area contributed by atoms with Crippen LogP contribution in [0, 0.1) is 42.9 Å². The van der Waals surface area contributed by atoms with E-state index in [1.165, 1.54) is 36.4 Å². The molecule has 28 heavy (non-hydrogen) atoms. The minimum Gasteiger partial charge on any atom is -0.508 e. The van der Waals surface area contributed by atoms with Crippen LogP contribution < -0.4 is 0 Å². The molecule has 3 aromatic rings. The van der Waals surface area contributed by atoms with E-state index in [-0.39, 0.29) is 11.1 Å². The predicted octanol–water partition coefficient (Wildman–Crippen LogP) is 5.59. The molecular weight excluding hydrogens is 379 g/mol. The summed E-state index contributed by atoms with van der Waals surface area (Å²) in [4.78, 5) is 0. The summed E-state index contributed by atoms with van der Waals surface area (Å²) < 4.78 is 70.5. The first-order chi connectivity index (χ1) is 13.1. The van der Waals surface area contributed by atoms with Crippen molar-refractivity contribution in [2.45, 2.75) is 19.8 Å². The number of benzene rings is 3. The van der Waals surface area contributed by atoms with E-state index in [9.17, 15) is 32.2 Å². The quantitative estimate of drug-likeness (QED) is 0.263. The van der Waals surface area contributed by atoms with E-state index in [1.54, 1.807) is 13.8 Å². The number of hydrogen-bond acceptors (Lipinski definition) is 2. The lowest BCUT2D eigenvalue weighted by atomic mass is 9.82. The second-order valence-corrected chi connectivity index (χ2v) is 6.54. The van der Waals surface area contributed by atoms with Crippen molar-refractivity contribution in [1.82, 2.24) is 0 Å². The van der Waals surface area contributed by atoms with E-state index in [1.807, 2.05) is 0 Å². The molecule has 0 heterocycles. The number of phenolic OH excluding ortho intramolecular Hbond substituents is 2. The number of aromatic hydroxyl groups is 2. The highest BCUT2D eigenvalue weighted by atomic mass is 19.2. The summed E-state index contributed by atoms with van der Waals surface area (Å²) in [6.07, 6.45) is 0. The van der Waals surface area contributed by atoms with Gasteiger partial charge in [-0.2, -0.15) is 0 Å². The number of hydrogen-bond donors (Lipinski definition) is 2. The summed E-state index contributed by atoms with van der Waals surface area (Å²) in [6, 6.07) is 8.25. The van der Waals surface area contributed by atoms with Gasteiger partial charge >= 0.3 is 0 Å². The summed E-state index contributed by atoms with van der Waals surface area (Å²) in [5.74, 6) is -13.0. The highest BCUT2D eigenvalue weighted by Crippen LogP contribution is 2.44. The number of aryl methyl sites for hydroxylation is 2. The number of rotatable bonds is 3. The van der Waals surface area contributed by atoms with Gasteiger partial charge in [0, 0.05) is 22.6 Å². The van der Waals surface area contributed by atoms with E-state index < -0.39 is 52.1 Å². The van der Waals surface area contributed by atoms with Crippen LogP contribution in [0.25, 0.3) is 0 Å². The molecule has 0 bridgehead atoms. The number of phenols is 2. The Hall–Kier alpha value is -3.09. The van der Waals surface area contributed by atoms with Crippen molar-refractivity contribution in [2.24, 2.45) is 0 Å². The highest BCUT2D eigenvalue weighted by molar-refractivity contribution is 5.55. The molecule has 3 rings (SSSR count). The highest BCUT2D eigenvalue weighted by Gasteiger charge is 2.34. The SMILES string of the molecule is Cc1ccc(O)c(C(c2cc(C)ccc2O)c2c(F)c(F)c(F)c(F)c2F)c1. The van der Waals surface area contributed by atoms with Gasteiger partial charge in [-0.25, -0.2) is 22.0 Å². The van der Waals surface area contributed by atoms with Gasteiger partial charge in [0.2, 0.25) is 5.82 Å². The van der Waals surface area contributed by atoms with Crippen LogP contribution in [0.1, 0.15) is 33.7 Å². The maximum Gasteiger partial charge on any atom is 0.200 e. The summed E-state index contributed by atoms with van der Waals surface area (Å²) >= 11 is 0. The van der Waals surface area contributed by atoms with Gasteiger partial charge in [0.15, 0.2) is 23.3 Å². The standard InChI is InChI=1S/C21H15F5O2/c1-9-3-5-13(27)11(7-9)15(12-8-10(2)4-6-14(12)28)16-17(22)19(24)21(26)20(25)18(16)23/h3-8,15,27-28H,1-2H3. The van der Waals surface area contributed by atoms with Gasteiger partial charge in [-0.15, -0.1) is 0 Å². The normalized spacial score (nSPS) is 11.3. The lowest BCUT2D eigenvalue weighted by Crippen LogP contribution is -2.14. The summed E-state index contributed by atoms with van der Waals surface area (Å²) in [6.45, 7) is 3.27. The topological polar surface area (TPSA) is 40.5 Å². The van der Waals surface area contributed by atoms with E-state index >= 15 is 0 Å². The van der Waals surface area contributed by atoms with E-state index in [0.717, 1.165) is 0 Å². The van der Waals surface area contributed by atoms with Crippen molar-refractivity contribution in [3.63, 3.8) is 0 Å². The maximum atomic E-state index is 14.6. The fourth-order valence-electron chi connectivity index (χ4n) is 3.16. The predicted molar refractivity (Wildman–Crippen MR) is 92.9 cm³/mol. The van der Waals surface area contributed by atoms with Gasteiger partial charge in [0.25, 0.3) is 0 Å². The van der Waals surface area contributed by atoms with E-state index in [4.69, 9.17) is 0 Å². The Kier molecular flexibility index (Phi) is 5.02. The zero-order valence-electron chi connectivity index (χ0n) is 14.8. The summed E-state index contributed by atoms with van der Waals surface area (Å²) in [5, 5.41) is 20.6. The lowest BCUT2D eigenvalue weighted by molar-refractivity contribution is 0.367. The van der Waals surface area contributed by atoms with Gasteiger partial charge < -0.3 is 10.2 Å². The van der Waals surface area contributed by atoms with Crippen molar-refractivity contribution in [3.05, 3.63) is 93.3 Å². The maximum absolute atomic E-state index is 14.6. The molecule has 0 saturated heterocycles. The Morgan fingerprint density at radius 3 is 1.36 bits per heavy atom. The van der Waals surface area contributed by atoms with Crippen LogP contribution in [0.5, 0.6) is 11.5 Å². The Labute approximate surface area is 157 Å². The molecule has 7 heteroatoms. The Morgan fingerprint density at radius 1 is 0.607 bits per heavy atom. The zero-order chi connectivity index (χ0) is 20.7. The smallest absolute Gasteiger partial charge is 0.200 e. The Balaban J connectivity index is 2.46.